The molecule has 1 unspecified atom stereocenters. The Morgan fingerprint density at radius 3 is 2.38 bits per heavy atom. The molecule has 1 N–H and O–H groups in total. The number of aromatic nitrogens is 3. The Morgan fingerprint density at radius 1 is 1.00 bits per heavy atom. The van der Waals surface area contributed by atoms with Gasteiger partial charge in [0, 0.05) is 31.4 Å². The van der Waals surface area contributed by atoms with E-state index in [2.05, 4.69) is 38.6 Å². The van der Waals surface area contributed by atoms with Crippen LogP contribution in [0.2, 0.25) is 0 Å². The van der Waals surface area contributed by atoms with Gasteiger partial charge in [0.1, 0.15) is 12.4 Å². The average Bonchev–Trinajstić information content (AvgIpc) is 3.48. The molecule has 9 nitrogen and oxygen atoms in total. The highest BCUT2D eigenvalue weighted by Crippen LogP contribution is 2.27. The maximum Gasteiger partial charge on any atom is 0.324 e. The van der Waals surface area contributed by atoms with Crippen molar-refractivity contribution in [3.05, 3.63) is 84.4 Å². The molecule has 0 spiro atoms. The molecule has 1 aliphatic rings. The lowest BCUT2D eigenvalue weighted by atomic mass is 10.0. The van der Waals surface area contributed by atoms with Gasteiger partial charge in [-0.05, 0) is 78.8 Å². The molecule has 3 heterocycles. The number of hydrogen-bond donors (Lipinski definition) is 1. The lowest BCUT2D eigenvalue weighted by Crippen LogP contribution is -2.43. The van der Waals surface area contributed by atoms with E-state index in [1.54, 1.807) is 24.5 Å². The van der Waals surface area contributed by atoms with E-state index in [9.17, 15) is 8.42 Å². The van der Waals surface area contributed by atoms with Crippen molar-refractivity contribution in [1.82, 2.24) is 19.8 Å². The third-order valence-corrected chi connectivity index (χ3v) is 8.55. The van der Waals surface area contributed by atoms with Gasteiger partial charge in [-0.2, -0.15) is 4.98 Å². The predicted octanol–water partition coefficient (Wildman–Crippen LogP) is 5.21. The molecule has 40 heavy (non-hydrogen) atoms. The first-order valence-corrected chi connectivity index (χ1v) is 15.2. The minimum Gasteiger partial charge on any atom is -0.491 e. The van der Waals surface area contributed by atoms with Gasteiger partial charge in [0.25, 0.3) is 0 Å². The van der Waals surface area contributed by atoms with Crippen molar-refractivity contribution in [2.24, 2.45) is 0 Å². The summed E-state index contributed by atoms with van der Waals surface area (Å²) in [6, 6.07) is 19.3. The molecule has 0 saturated carbocycles. The Labute approximate surface area is 235 Å². The molecular weight excluding hydrogens is 526 g/mol. The van der Waals surface area contributed by atoms with Crippen molar-refractivity contribution in [3.8, 4) is 16.9 Å². The van der Waals surface area contributed by atoms with E-state index < -0.39 is 10.0 Å². The second-order valence-corrected chi connectivity index (χ2v) is 12.1. The summed E-state index contributed by atoms with van der Waals surface area (Å²) in [5, 5.41) is 4.12. The molecule has 0 aliphatic carbocycles. The Kier molecular flexibility index (Phi) is 8.76. The number of rotatable bonds is 11. The van der Waals surface area contributed by atoms with E-state index in [1.165, 1.54) is 0 Å². The molecule has 0 radical (unpaired) electrons. The second-order valence-electron chi connectivity index (χ2n) is 10.3. The van der Waals surface area contributed by atoms with Crippen LogP contribution < -0.4 is 14.4 Å². The van der Waals surface area contributed by atoms with Gasteiger partial charge in [-0.3, -0.25) is 4.98 Å². The zero-order chi connectivity index (χ0) is 28.0. The van der Waals surface area contributed by atoms with Crippen LogP contribution in [-0.4, -0.2) is 49.3 Å². The van der Waals surface area contributed by atoms with Crippen molar-refractivity contribution >= 4 is 16.0 Å². The molecule has 0 bridgehead atoms. The van der Waals surface area contributed by atoms with E-state index in [0.29, 0.717) is 25.6 Å². The highest BCUT2D eigenvalue weighted by Gasteiger charge is 2.28. The zero-order valence-electron chi connectivity index (χ0n) is 22.9. The summed E-state index contributed by atoms with van der Waals surface area (Å²) in [5.41, 5.74) is 2.94. The molecule has 5 rings (SSSR count). The van der Waals surface area contributed by atoms with Gasteiger partial charge in [0.2, 0.25) is 10.0 Å². The minimum absolute atomic E-state index is 0.168. The quantitative estimate of drug-likeness (QED) is 0.266. The van der Waals surface area contributed by atoms with Crippen LogP contribution in [0.15, 0.2) is 82.5 Å². The third kappa shape index (κ3) is 6.86. The third-order valence-electron chi connectivity index (χ3n) is 7.07. The number of ether oxygens (including phenoxy) is 1. The number of sulfonamides is 1. The molecule has 10 heteroatoms. The van der Waals surface area contributed by atoms with Crippen molar-refractivity contribution in [2.45, 2.75) is 56.4 Å². The summed E-state index contributed by atoms with van der Waals surface area (Å²) in [6.45, 7) is 5.82. The van der Waals surface area contributed by atoms with Gasteiger partial charge in [0.15, 0.2) is 5.82 Å². The number of nitrogens with one attached hydrogen (secondary N) is 1. The van der Waals surface area contributed by atoms with Crippen LogP contribution in [0.1, 0.15) is 50.4 Å². The highest BCUT2D eigenvalue weighted by molar-refractivity contribution is 7.89. The maximum atomic E-state index is 12.7. The topological polar surface area (TPSA) is 110 Å². The lowest BCUT2D eigenvalue weighted by molar-refractivity contribution is 0.250. The smallest absolute Gasteiger partial charge is 0.324 e. The molecule has 1 saturated heterocycles. The Morgan fingerprint density at radius 2 is 1.70 bits per heavy atom. The van der Waals surface area contributed by atoms with Crippen LogP contribution in [0.25, 0.3) is 11.1 Å². The molecule has 2 aromatic heterocycles. The monoisotopic (exact) mass is 561 g/mol. The van der Waals surface area contributed by atoms with E-state index in [4.69, 9.17) is 9.26 Å². The van der Waals surface area contributed by atoms with Crippen LogP contribution >= 0.6 is 0 Å². The van der Waals surface area contributed by atoms with Crippen LogP contribution in [0, 0.1) is 0 Å². The van der Waals surface area contributed by atoms with Gasteiger partial charge in [-0.25, -0.2) is 13.1 Å². The van der Waals surface area contributed by atoms with Gasteiger partial charge < -0.3 is 14.2 Å². The number of hydrogen-bond acceptors (Lipinski definition) is 8. The van der Waals surface area contributed by atoms with Crippen molar-refractivity contribution in [2.75, 3.05) is 24.6 Å². The summed E-state index contributed by atoms with van der Waals surface area (Å²) < 4.78 is 39.8. The Balaban J connectivity index is 1.16. The van der Waals surface area contributed by atoms with E-state index in [-0.39, 0.29) is 16.9 Å². The normalized spacial score (nSPS) is 15.9. The first-order valence-electron chi connectivity index (χ1n) is 13.7. The number of anilines is 1. The molecular formula is C30H35N5O4S. The standard InChI is InChI=1S/C30H35N5O4S/c1-22(2)29-33-30(39-34-29)35-20-4-3-5-26(35)21-38-27-10-6-24(7-11-27)25-8-12-28(13-9-25)40(36,37)32-19-16-23-14-17-31-18-15-23/h6-15,17-18,22,26,32H,3-5,16,19-21H2,1-2H3. The van der Waals surface area contributed by atoms with Gasteiger partial charge in [-0.1, -0.05) is 43.3 Å². The summed E-state index contributed by atoms with van der Waals surface area (Å²) in [6.07, 6.45) is 7.23. The average molecular weight is 562 g/mol. The van der Waals surface area contributed by atoms with E-state index in [0.717, 1.165) is 54.1 Å². The molecule has 1 aliphatic heterocycles. The fourth-order valence-corrected chi connectivity index (χ4v) is 5.76. The van der Waals surface area contributed by atoms with Crippen LogP contribution in [-0.2, 0) is 16.4 Å². The van der Waals surface area contributed by atoms with Gasteiger partial charge >= 0.3 is 6.01 Å². The van der Waals surface area contributed by atoms with Crippen LogP contribution in [0.4, 0.5) is 6.01 Å². The number of pyridine rings is 1. The number of piperidine rings is 1. The molecule has 210 valence electrons. The van der Waals surface area contributed by atoms with Crippen molar-refractivity contribution in [3.63, 3.8) is 0 Å². The molecule has 2 aromatic carbocycles. The van der Waals surface area contributed by atoms with Crippen molar-refractivity contribution < 1.29 is 17.7 Å². The maximum absolute atomic E-state index is 12.7. The van der Waals surface area contributed by atoms with Gasteiger partial charge in [-0.15, -0.1) is 0 Å². The Bertz CT molecular complexity index is 1470. The highest BCUT2D eigenvalue weighted by atomic mass is 32.2. The summed E-state index contributed by atoms with van der Waals surface area (Å²) in [7, 11) is -3.59. The summed E-state index contributed by atoms with van der Waals surface area (Å²) >= 11 is 0. The first-order chi connectivity index (χ1) is 19.4. The zero-order valence-corrected chi connectivity index (χ0v) is 23.7. The number of benzene rings is 2. The van der Waals surface area contributed by atoms with E-state index in [1.807, 2.05) is 48.5 Å². The molecule has 1 atom stereocenters. The largest absolute Gasteiger partial charge is 0.491 e. The van der Waals surface area contributed by atoms with E-state index >= 15 is 0 Å². The minimum atomic E-state index is -3.59. The van der Waals surface area contributed by atoms with Crippen molar-refractivity contribution in [1.29, 1.82) is 0 Å². The second kappa shape index (κ2) is 12.6. The first kappa shape index (κ1) is 27.8. The molecule has 0 amide bonds. The fraction of sp³-hybridized carbons (Fsp3) is 0.367. The molecule has 4 aromatic rings. The SMILES string of the molecule is CC(C)c1noc(N2CCCCC2COc2ccc(-c3ccc(S(=O)(=O)NCCc4ccncc4)cc3)cc2)n1. The van der Waals surface area contributed by atoms with Gasteiger partial charge in [0.05, 0.1) is 10.9 Å². The summed E-state index contributed by atoms with van der Waals surface area (Å²) in [4.78, 5) is 11.0. The fourth-order valence-electron chi connectivity index (χ4n) is 4.73. The number of nitrogens with zero attached hydrogens (tertiary/aromatic N) is 4. The summed E-state index contributed by atoms with van der Waals surface area (Å²) in [5.74, 6) is 1.72. The molecule has 1 fully saturated rings. The van der Waals surface area contributed by atoms with Crippen LogP contribution in [0.5, 0.6) is 5.75 Å². The van der Waals surface area contributed by atoms with Crippen LogP contribution in [0.3, 0.4) is 0 Å². The Hall–Kier alpha value is -3.76. The lowest BCUT2D eigenvalue weighted by Gasteiger charge is -2.33. The predicted molar refractivity (Wildman–Crippen MR) is 154 cm³/mol.